The van der Waals surface area contributed by atoms with Gasteiger partial charge in [0.2, 0.25) is 0 Å². The number of hydrogen-bond acceptors (Lipinski definition) is 3. The van der Waals surface area contributed by atoms with Gasteiger partial charge < -0.3 is 9.73 Å². The monoisotopic (exact) mass is 287 g/mol. The Labute approximate surface area is 120 Å². The minimum Gasteiger partial charge on any atom is -0.430 e. The van der Waals surface area contributed by atoms with Crippen molar-refractivity contribution in [2.45, 2.75) is 0 Å². The van der Waals surface area contributed by atoms with Gasteiger partial charge in [-0.05, 0) is 24.3 Å². The second kappa shape index (κ2) is 6.60. The molecule has 2 rings (SSSR count). The molecule has 0 aliphatic carbocycles. The van der Waals surface area contributed by atoms with Crippen molar-refractivity contribution in [2.24, 2.45) is 0 Å². The SMILES string of the molecule is O=C(NCC#Cc1cccc(Cl)c1)c1ccc(=O)oc1. The summed E-state index contributed by atoms with van der Waals surface area (Å²) in [4.78, 5) is 22.4. The number of benzene rings is 1. The number of rotatable bonds is 2. The smallest absolute Gasteiger partial charge is 0.335 e. The molecule has 1 amide bonds. The molecule has 20 heavy (non-hydrogen) atoms. The predicted molar refractivity (Wildman–Crippen MR) is 75.6 cm³/mol. The summed E-state index contributed by atoms with van der Waals surface area (Å²) in [5, 5.41) is 3.21. The average molecular weight is 288 g/mol. The van der Waals surface area contributed by atoms with Crippen molar-refractivity contribution in [1.82, 2.24) is 5.32 Å². The summed E-state index contributed by atoms with van der Waals surface area (Å²) in [6.45, 7) is 0.185. The van der Waals surface area contributed by atoms with Crippen LogP contribution >= 0.6 is 11.6 Å². The van der Waals surface area contributed by atoms with Gasteiger partial charge in [0.15, 0.2) is 0 Å². The Bertz CT molecular complexity index is 720. The Morgan fingerprint density at radius 2 is 2.15 bits per heavy atom. The standard InChI is InChI=1S/C15H10ClNO3/c16-13-5-1-3-11(9-13)4-2-8-17-15(19)12-6-7-14(18)20-10-12/h1,3,5-7,9-10H,8H2,(H,17,19). The van der Waals surface area contributed by atoms with Crippen LogP contribution < -0.4 is 10.9 Å². The van der Waals surface area contributed by atoms with Gasteiger partial charge in [0.05, 0.1) is 12.1 Å². The van der Waals surface area contributed by atoms with Gasteiger partial charge in [0.25, 0.3) is 5.91 Å². The van der Waals surface area contributed by atoms with Gasteiger partial charge in [0, 0.05) is 16.7 Å². The van der Waals surface area contributed by atoms with Crippen molar-refractivity contribution in [3.8, 4) is 11.8 Å². The molecule has 1 aromatic heterocycles. The first-order valence-corrected chi connectivity index (χ1v) is 6.14. The number of halogens is 1. The first-order chi connectivity index (χ1) is 9.65. The largest absolute Gasteiger partial charge is 0.430 e. The highest BCUT2D eigenvalue weighted by molar-refractivity contribution is 6.30. The van der Waals surface area contributed by atoms with E-state index in [0.29, 0.717) is 5.02 Å². The Balaban J connectivity index is 1.92. The van der Waals surface area contributed by atoms with Crippen LogP contribution in [-0.2, 0) is 0 Å². The van der Waals surface area contributed by atoms with Crippen molar-refractivity contribution >= 4 is 17.5 Å². The lowest BCUT2D eigenvalue weighted by atomic mass is 10.2. The topological polar surface area (TPSA) is 59.3 Å². The zero-order valence-electron chi connectivity index (χ0n) is 10.4. The van der Waals surface area contributed by atoms with Crippen LogP contribution in [0.25, 0.3) is 0 Å². The van der Waals surface area contributed by atoms with Gasteiger partial charge in [0.1, 0.15) is 6.26 Å². The number of amides is 1. The second-order valence-corrected chi connectivity index (χ2v) is 4.27. The highest BCUT2D eigenvalue weighted by Crippen LogP contribution is 2.09. The lowest BCUT2D eigenvalue weighted by molar-refractivity contribution is 0.0956. The summed E-state index contributed by atoms with van der Waals surface area (Å²) in [6, 6.07) is 9.71. The molecule has 0 saturated carbocycles. The molecule has 0 fully saturated rings. The van der Waals surface area contributed by atoms with Crippen LogP contribution in [0.15, 0.2) is 51.9 Å². The molecule has 1 N–H and O–H groups in total. The van der Waals surface area contributed by atoms with E-state index in [4.69, 9.17) is 11.6 Å². The first-order valence-electron chi connectivity index (χ1n) is 5.76. The van der Waals surface area contributed by atoms with Gasteiger partial charge in [-0.25, -0.2) is 4.79 Å². The Morgan fingerprint density at radius 1 is 1.30 bits per heavy atom. The molecule has 1 aromatic carbocycles. The predicted octanol–water partition coefficient (Wildman–Crippen LogP) is 2.07. The normalized spacial score (nSPS) is 9.45. The molecule has 5 heteroatoms. The lowest BCUT2D eigenvalue weighted by Crippen LogP contribution is -2.23. The third-order valence-corrected chi connectivity index (χ3v) is 2.59. The van der Waals surface area contributed by atoms with Crippen LogP contribution in [0.2, 0.25) is 5.02 Å². The van der Waals surface area contributed by atoms with Crippen molar-refractivity contribution in [2.75, 3.05) is 6.54 Å². The first kappa shape index (κ1) is 13.9. The quantitative estimate of drug-likeness (QED) is 0.860. The third kappa shape index (κ3) is 4.01. The fourth-order valence-electron chi connectivity index (χ4n) is 1.43. The van der Waals surface area contributed by atoms with Gasteiger partial charge >= 0.3 is 5.63 Å². The number of carbonyl (C=O) groups is 1. The molecule has 0 bridgehead atoms. The van der Waals surface area contributed by atoms with E-state index in [-0.39, 0.29) is 18.0 Å². The maximum atomic E-state index is 11.7. The summed E-state index contributed by atoms with van der Waals surface area (Å²) < 4.78 is 4.60. The molecule has 0 aliphatic rings. The van der Waals surface area contributed by atoms with Crippen LogP contribution in [0.4, 0.5) is 0 Å². The van der Waals surface area contributed by atoms with Crippen molar-refractivity contribution in [3.63, 3.8) is 0 Å². The third-order valence-electron chi connectivity index (χ3n) is 2.36. The van der Waals surface area contributed by atoms with Crippen LogP contribution in [0, 0.1) is 11.8 Å². The van der Waals surface area contributed by atoms with E-state index in [1.165, 1.54) is 12.1 Å². The lowest BCUT2D eigenvalue weighted by Gasteiger charge is -1.99. The minimum atomic E-state index is -0.498. The zero-order valence-corrected chi connectivity index (χ0v) is 11.1. The molecular formula is C15H10ClNO3. The molecule has 0 spiro atoms. The Kier molecular flexibility index (Phi) is 4.59. The minimum absolute atomic E-state index is 0.185. The number of nitrogens with one attached hydrogen (secondary N) is 1. The van der Waals surface area contributed by atoms with Gasteiger partial charge in [-0.15, -0.1) is 0 Å². The van der Waals surface area contributed by atoms with Crippen LogP contribution in [-0.4, -0.2) is 12.5 Å². The molecule has 0 atom stereocenters. The molecule has 1 heterocycles. The molecular weight excluding hydrogens is 278 g/mol. The second-order valence-electron chi connectivity index (χ2n) is 3.84. The van der Waals surface area contributed by atoms with E-state index in [1.807, 2.05) is 6.07 Å². The van der Waals surface area contributed by atoms with E-state index < -0.39 is 5.63 Å². The summed E-state index contributed by atoms with van der Waals surface area (Å²) in [5.74, 6) is 5.33. The van der Waals surface area contributed by atoms with Crippen LogP contribution in [0.1, 0.15) is 15.9 Å². The van der Waals surface area contributed by atoms with Gasteiger partial charge in [-0.1, -0.05) is 29.5 Å². The van der Waals surface area contributed by atoms with E-state index in [1.54, 1.807) is 18.2 Å². The van der Waals surface area contributed by atoms with Crippen LogP contribution in [0.3, 0.4) is 0 Å². The molecule has 0 unspecified atom stereocenters. The van der Waals surface area contributed by atoms with Crippen molar-refractivity contribution in [3.05, 3.63) is 69.2 Å². The van der Waals surface area contributed by atoms with E-state index in [9.17, 15) is 9.59 Å². The Morgan fingerprint density at radius 3 is 2.85 bits per heavy atom. The van der Waals surface area contributed by atoms with Crippen molar-refractivity contribution in [1.29, 1.82) is 0 Å². The fraction of sp³-hybridized carbons (Fsp3) is 0.0667. The van der Waals surface area contributed by atoms with Crippen molar-refractivity contribution < 1.29 is 9.21 Å². The Hall–Kier alpha value is -2.51. The number of hydrogen-bond donors (Lipinski definition) is 1. The summed E-state index contributed by atoms with van der Waals surface area (Å²) in [6.07, 6.45) is 1.11. The van der Waals surface area contributed by atoms with E-state index in [0.717, 1.165) is 11.8 Å². The summed E-state index contributed by atoms with van der Waals surface area (Å²) in [5.41, 5.74) is 0.550. The molecule has 0 aliphatic heterocycles. The molecule has 4 nitrogen and oxygen atoms in total. The highest BCUT2D eigenvalue weighted by Gasteiger charge is 2.04. The summed E-state index contributed by atoms with van der Waals surface area (Å²) in [7, 11) is 0. The maximum Gasteiger partial charge on any atom is 0.335 e. The van der Waals surface area contributed by atoms with Gasteiger partial charge in [-0.3, -0.25) is 4.79 Å². The van der Waals surface area contributed by atoms with Crippen LogP contribution in [0.5, 0.6) is 0 Å². The number of carbonyl (C=O) groups excluding carboxylic acids is 1. The molecule has 0 saturated heterocycles. The highest BCUT2D eigenvalue weighted by atomic mass is 35.5. The zero-order chi connectivity index (χ0) is 14.4. The summed E-state index contributed by atoms with van der Waals surface area (Å²) >= 11 is 5.83. The van der Waals surface area contributed by atoms with Gasteiger partial charge in [-0.2, -0.15) is 0 Å². The van der Waals surface area contributed by atoms with E-state index >= 15 is 0 Å². The van der Waals surface area contributed by atoms with E-state index in [2.05, 4.69) is 21.6 Å². The fourth-order valence-corrected chi connectivity index (χ4v) is 1.62. The molecule has 2 aromatic rings. The average Bonchev–Trinajstić information content (AvgIpc) is 2.44. The molecule has 0 radical (unpaired) electrons. The molecule has 100 valence electrons. The maximum absolute atomic E-state index is 11.7.